The average Bonchev–Trinajstić information content (AvgIpc) is 3.46. The smallest absolute Gasteiger partial charge is 0.410 e. The highest BCUT2D eigenvalue weighted by molar-refractivity contribution is 5.69. The van der Waals surface area contributed by atoms with Gasteiger partial charge in [-0.25, -0.2) is 4.79 Å². The number of hydrogen-bond donors (Lipinski definition) is 0. The summed E-state index contributed by atoms with van der Waals surface area (Å²) in [6.07, 6.45) is 5.54. The standard InChI is InChI=1S/C28H35N3O3/c1-28(2,3)33-27(32)31-20-23(22-16-10-6-11-17-22)19-24(31)26-29-25(30-34-26)18-12-5-9-15-21-13-7-4-8-14-21/h4,6-8,10-11,13-14,16-17,23-24H,5,9,12,15,18-20H2,1-3H3/t23?,24-/m0/s1. The Balaban J connectivity index is 1.37. The third-order valence-corrected chi connectivity index (χ3v) is 6.18. The van der Waals surface area contributed by atoms with Crippen molar-refractivity contribution in [3.63, 3.8) is 0 Å². The molecule has 0 bridgehead atoms. The number of likely N-dealkylation sites (tertiary alicyclic amines) is 1. The zero-order valence-corrected chi connectivity index (χ0v) is 20.4. The first-order valence-corrected chi connectivity index (χ1v) is 12.3. The fourth-order valence-corrected chi connectivity index (χ4v) is 4.50. The van der Waals surface area contributed by atoms with Gasteiger partial charge in [0.15, 0.2) is 5.82 Å². The Hall–Kier alpha value is -3.15. The zero-order valence-electron chi connectivity index (χ0n) is 20.4. The summed E-state index contributed by atoms with van der Waals surface area (Å²) in [5.41, 5.74) is 2.02. The lowest BCUT2D eigenvalue weighted by Gasteiger charge is -2.27. The summed E-state index contributed by atoms with van der Waals surface area (Å²) < 4.78 is 11.3. The molecule has 1 fully saturated rings. The normalized spacial score (nSPS) is 18.3. The largest absolute Gasteiger partial charge is 0.444 e. The Bertz CT molecular complexity index is 1040. The predicted octanol–water partition coefficient (Wildman–Crippen LogP) is 6.49. The fraction of sp³-hybridized carbons (Fsp3) is 0.464. The van der Waals surface area contributed by atoms with Crippen LogP contribution in [0.3, 0.4) is 0 Å². The number of hydrogen-bond acceptors (Lipinski definition) is 5. The number of carbonyl (C=O) groups is 1. The third kappa shape index (κ3) is 6.46. The number of ether oxygens (including phenoxy) is 1. The SMILES string of the molecule is CC(C)(C)OC(=O)N1CC(c2ccccc2)C[C@H]1c1nc(CCCCCc2ccccc2)no1. The maximum absolute atomic E-state index is 13.0. The van der Waals surface area contributed by atoms with Crippen LogP contribution < -0.4 is 0 Å². The molecule has 180 valence electrons. The van der Waals surface area contributed by atoms with E-state index in [2.05, 4.69) is 46.5 Å². The highest BCUT2D eigenvalue weighted by Gasteiger charge is 2.41. The van der Waals surface area contributed by atoms with E-state index in [1.54, 1.807) is 4.90 Å². The highest BCUT2D eigenvalue weighted by atomic mass is 16.6. The van der Waals surface area contributed by atoms with E-state index in [0.29, 0.717) is 18.3 Å². The summed E-state index contributed by atoms with van der Waals surface area (Å²) in [5.74, 6) is 1.41. The van der Waals surface area contributed by atoms with Gasteiger partial charge in [0.2, 0.25) is 5.89 Å². The van der Waals surface area contributed by atoms with Crippen LogP contribution in [0.1, 0.15) is 81.3 Å². The monoisotopic (exact) mass is 461 g/mol. The summed E-state index contributed by atoms with van der Waals surface area (Å²) in [5, 5.41) is 4.22. The van der Waals surface area contributed by atoms with Gasteiger partial charge in [-0.15, -0.1) is 0 Å². The lowest BCUT2D eigenvalue weighted by molar-refractivity contribution is 0.0198. The van der Waals surface area contributed by atoms with Gasteiger partial charge in [0.25, 0.3) is 0 Å². The zero-order chi connectivity index (χ0) is 24.0. The third-order valence-electron chi connectivity index (χ3n) is 6.18. The first kappa shape index (κ1) is 24.0. The van der Waals surface area contributed by atoms with E-state index in [1.165, 1.54) is 11.1 Å². The van der Waals surface area contributed by atoms with Gasteiger partial charge < -0.3 is 9.26 Å². The second-order valence-corrected chi connectivity index (χ2v) is 10.1. The number of aryl methyl sites for hydroxylation is 2. The van der Waals surface area contributed by atoms with Crippen LogP contribution in [0.25, 0.3) is 0 Å². The molecule has 2 atom stereocenters. The van der Waals surface area contributed by atoms with Crippen LogP contribution in [0.5, 0.6) is 0 Å². The second kappa shape index (κ2) is 10.9. The molecule has 0 saturated carbocycles. The van der Waals surface area contributed by atoms with E-state index >= 15 is 0 Å². The number of benzene rings is 2. The van der Waals surface area contributed by atoms with E-state index in [0.717, 1.165) is 38.5 Å². The topological polar surface area (TPSA) is 68.5 Å². The Morgan fingerprint density at radius 2 is 1.68 bits per heavy atom. The minimum absolute atomic E-state index is 0.201. The molecule has 3 aromatic rings. The lowest BCUT2D eigenvalue weighted by Crippen LogP contribution is -2.36. The summed E-state index contributed by atoms with van der Waals surface area (Å²) in [4.78, 5) is 19.4. The van der Waals surface area contributed by atoms with Crippen molar-refractivity contribution in [1.82, 2.24) is 15.0 Å². The van der Waals surface area contributed by atoms with E-state index in [-0.39, 0.29) is 18.1 Å². The molecule has 1 amide bonds. The van der Waals surface area contributed by atoms with Gasteiger partial charge in [-0.1, -0.05) is 72.2 Å². The second-order valence-electron chi connectivity index (χ2n) is 10.1. The van der Waals surface area contributed by atoms with Crippen LogP contribution in [0.15, 0.2) is 65.2 Å². The van der Waals surface area contributed by atoms with Crippen LogP contribution in [-0.4, -0.2) is 33.3 Å². The molecule has 1 aromatic heterocycles. The lowest BCUT2D eigenvalue weighted by atomic mass is 9.96. The number of carbonyl (C=O) groups excluding carboxylic acids is 1. The van der Waals surface area contributed by atoms with Gasteiger partial charge in [0.05, 0.1) is 0 Å². The summed E-state index contributed by atoms with van der Waals surface area (Å²) in [6.45, 7) is 6.22. The van der Waals surface area contributed by atoms with Crippen molar-refractivity contribution in [2.45, 2.75) is 76.9 Å². The maximum Gasteiger partial charge on any atom is 0.410 e. The molecular formula is C28H35N3O3. The van der Waals surface area contributed by atoms with Crippen molar-refractivity contribution in [2.24, 2.45) is 0 Å². The summed E-state index contributed by atoms with van der Waals surface area (Å²) in [6, 6.07) is 20.6. The van der Waals surface area contributed by atoms with E-state index in [4.69, 9.17) is 9.26 Å². The van der Waals surface area contributed by atoms with Crippen molar-refractivity contribution in [1.29, 1.82) is 0 Å². The van der Waals surface area contributed by atoms with Gasteiger partial charge >= 0.3 is 6.09 Å². The number of rotatable bonds is 8. The molecule has 4 rings (SSSR count). The molecule has 0 aliphatic carbocycles. The van der Waals surface area contributed by atoms with Crippen molar-refractivity contribution in [2.75, 3.05) is 6.54 Å². The van der Waals surface area contributed by atoms with Gasteiger partial charge in [-0.3, -0.25) is 4.90 Å². The molecule has 34 heavy (non-hydrogen) atoms. The van der Waals surface area contributed by atoms with E-state index in [9.17, 15) is 4.79 Å². The van der Waals surface area contributed by atoms with Gasteiger partial charge in [0, 0.05) is 18.9 Å². The molecule has 0 radical (unpaired) electrons. The highest BCUT2D eigenvalue weighted by Crippen LogP contribution is 2.40. The summed E-state index contributed by atoms with van der Waals surface area (Å²) >= 11 is 0. The first-order valence-electron chi connectivity index (χ1n) is 12.3. The van der Waals surface area contributed by atoms with Crippen molar-refractivity contribution >= 4 is 6.09 Å². The number of nitrogens with zero attached hydrogens (tertiary/aromatic N) is 3. The molecular weight excluding hydrogens is 426 g/mol. The predicted molar refractivity (Wildman–Crippen MR) is 131 cm³/mol. The molecule has 1 unspecified atom stereocenters. The van der Waals surface area contributed by atoms with Crippen LogP contribution >= 0.6 is 0 Å². The Morgan fingerprint density at radius 3 is 2.38 bits per heavy atom. The van der Waals surface area contributed by atoms with Crippen LogP contribution in [0.2, 0.25) is 0 Å². The number of aromatic nitrogens is 2. The fourth-order valence-electron chi connectivity index (χ4n) is 4.50. The van der Waals surface area contributed by atoms with Gasteiger partial charge in [-0.05, 0) is 57.6 Å². The van der Waals surface area contributed by atoms with E-state index in [1.807, 2.05) is 45.0 Å². The molecule has 1 saturated heterocycles. The van der Waals surface area contributed by atoms with Gasteiger partial charge in [-0.2, -0.15) is 4.98 Å². The molecule has 1 aliphatic heterocycles. The average molecular weight is 462 g/mol. The quantitative estimate of drug-likeness (QED) is 0.359. The van der Waals surface area contributed by atoms with Crippen LogP contribution in [-0.2, 0) is 17.6 Å². The van der Waals surface area contributed by atoms with Crippen LogP contribution in [0, 0.1) is 0 Å². The van der Waals surface area contributed by atoms with Crippen molar-refractivity contribution < 1.29 is 14.1 Å². The Kier molecular flexibility index (Phi) is 7.66. The molecule has 6 nitrogen and oxygen atoms in total. The molecule has 0 spiro atoms. The summed E-state index contributed by atoms with van der Waals surface area (Å²) in [7, 11) is 0. The first-order chi connectivity index (χ1) is 16.4. The van der Waals surface area contributed by atoms with Crippen molar-refractivity contribution in [3.05, 3.63) is 83.5 Å². The minimum Gasteiger partial charge on any atom is -0.444 e. The number of amides is 1. The number of unbranched alkanes of at least 4 members (excludes halogenated alkanes) is 2. The Morgan fingerprint density at radius 1 is 1.00 bits per heavy atom. The molecule has 0 N–H and O–H groups in total. The molecule has 6 heteroatoms. The van der Waals surface area contributed by atoms with Crippen molar-refractivity contribution in [3.8, 4) is 0 Å². The Labute approximate surface area is 202 Å². The van der Waals surface area contributed by atoms with Crippen LogP contribution in [0.4, 0.5) is 4.79 Å². The maximum atomic E-state index is 13.0. The molecule has 2 aromatic carbocycles. The van der Waals surface area contributed by atoms with E-state index < -0.39 is 5.60 Å². The minimum atomic E-state index is -0.563. The molecule has 2 heterocycles. The van der Waals surface area contributed by atoms with Gasteiger partial charge in [0.1, 0.15) is 11.6 Å². The molecule has 1 aliphatic rings.